The first kappa shape index (κ1) is 16.4. The number of halogens is 1. The smallest absolute Gasteiger partial charge is 0.264 e. The van der Waals surface area contributed by atoms with Crippen LogP contribution < -0.4 is 10.5 Å². The number of aromatic nitrogens is 3. The summed E-state index contributed by atoms with van der Waals surface area (Å²) in [5.41, 5.74) is 0.476. The molecule has 0 saturated carbocycles. The van der Waals surface area contributed by atoms with Crippen molar-refractivity contribution in [2.75, 3.05) is 31.1 Å². The molecule has 2 aromatic heterocycles. The Kier molecular flexibility index (Phi) is 5.10. The topological polar surface area (TPSA) is 82.2 Å². The van der Waals surface area contributed by atoms with E-state index >= 15 is 0 Å². The summed E-state index contributed by atoms with van der Waals surface area (Å²) in [6.07, 6.45) is 2.54. The highest BCUT2D eigenvalue weighted by Gasteiger charge is 2.21. The molecule has 0 atom stereocenters. The Labute approximate surface area is 144 Å². The number of amides is 1. The fourth-order valence-corrected chi connectivity index (χ4v) is 2.76. The van der Waals surface area contributed by atoms with Gasteiger partial charge in [0.1, 0.15) is 5.82 Å². The molecule has 1 aliphatic heterocycles. The van der Waals surface area contributed by atoms with E-state index in [1.807, 2.05) is 17.0 Å². The predicted octanol–water partition coefficient (Wildman–Crippen LogP) is 1.10. The number of piperazine rings is 1. The molecule has 3 heterocycles. The van der Waals surface area contributed by atoms with Gasteiger partial charge in [0.15, 0.2) is 0 Å². The van der Waals surface area contributed by atoms with Crippen molar-refractivity contribution in [3.63, 3.8) is 0 Å². The number of carbonyl (C=O) groups is 1. The summed E-state index contributed by atoms with van der Waals surface area (Å²) in [5.74, 6) is 0.982. The van der Waals surface area contributed by atoms with Gasteiger partial charge in [-0.05, 0) is 18.2 Å². The van der Waals surface area contributed by atoms with Crippen molar-refractivity contribution < 1.29 is 4.79 Å². The number of aromatic amines is 1. The zero-order chi connectivity index (χ0) is 16.9. The van der Waals surface area contributed by atoms with Crippen LogP contribution in [0.1, 0.15) is 12.1 Å². The highest BCUT2D eigenvalue weighted by atomic mass is 35.5. The molecule has 7 nitrogen and oxygen atoms in total. The number of rotatable bonds is 4. The minimum absolute atomic E-state index is 0.103. The van der Waals surface area contributed by atoms with Crippen molar-refractivity contribution >= 4 is 23.3 Å². The van der Waals surface area contributed by atoms with E-state index in [4.69, 9.17) is 11.6 Å². The molecule has 126 valence electrons. The van der Waals surface area contributed by atoms with Crippen LogP contribution in [0.4, 0.5) is 5.82 Å². The minimum atomic E-state index is -0.239. The summed E-state index contributed by atoms with van der Waals surface area (Å²) < 4.78 is 0. The normalized spacial score (nSPS) is 14.7. The second-order valence-electron chi connectivity index (χ2n) is 5.61. The van der Waals surface area contributed by atoms with E-state index in [-0.39, 0.29) is 11.5 Å². The first-order chi connectivity index (χ1) is 11.6. The van der Waals surface area contributed by atoms with Crippen molar-refractivity contribution in [2.24, 2.45) is 0 Å². The number of pyridine rings is 1. The predicted molar refractivity (Wildman–Crippen MR) is 91.2 cm³/mol. The lowest BCUT2D eigenvalue weighted by Crippen LogP contribution is -2.49. The largest absolute Gasteiger partial charge is 0.353 e. The SMILES string of the molecule is O=C(CCc1ccc(=O)[nH]n1)N1CCN(c2ccc(Cl)cn2)CC1. The molecule has 0 radical (unpaired) electrons. The van der Waals surface area contributed by atoms with Gasteiger partial charge in [-0.3, -0.25) is 9.59 Å². The van der Waals surface area contributed by atoms with Gasteiger partial charge < -0.3 is 9.80 Å². The first-order valence-corrected chi connectivity index (χ1v) is 8.18. The molecule has 1 amide bonds. The number of nitrogens with zero attached hydrogens (tertiary/aromatic N) is 4. The zero-order valence-corrected chi connectivity index (χ0v) is 13.9. The molecule has 1 N–H and O–H groups in total. The molecular formula is C16H18ClN5O2. The summed E-state index contributed by atoms with van der Waals surface area (Å²) >= 11 is 5.85. The lowest BCUT2D eigenvalue weighted by molar-refractivity contribution is -0.131. The highest BCUT2D eigenvalue weighted by Crippen LogP contribution is 2.16. The van der Waals surface area contributed by atoms with E-state index in [0.29, 0.717) is 36.6 Å². The van der Waals surface area contributed by atoms with Crippen LogP contribution in [-0.4, -0.2) is 52.2 Å². The maximum atomic E-state index is 12.3. The maximum absolute atomic E-state index is 12.3. The van der Waals surface area contributed by atoms with Crippen LogP contribution >= 0.6 is 11.6 Å². The number of aryl methyl sites for hydroxylation is 1. The lowest BCUT2D eigenvalue weighted by atomic mass is 10.2. The first-order valence-electron chi connectivity index (χ1n) is 7.81. The Hall–Kier alpha value is -2.41. The number of nitrogens with one attached hydrogen (secondary N) is 1. The van der Waals surface area contributed by atoms with Crippen LogP contribution in [0.3, 0.4) is 0 Å². The molecule has 24 heavy (non-hydrogen) atoms. The monoisotopic (exact) mass is 347 g/mol. The van der Waals surface area contributed by atoms with E-state index in [9.17, 15) is 9.59 Å². The van der Waals surface area contributed by atoms with E-state index in [0.717, 1.165) is 18.9 Å². The fraction of sp³-hybridized carbons (Fsp3) is 0.375. The van der Waals surface area contributed by atoms with Crippen molar-refractivity contribution in [1.29, 1.82) is 0 Å². The second kappa shape index (κ2) is 7.44. The van der Waals surface area contributed by atoms with Crippen molar-refractivity contribution in [1.82, 2.24) is 20.1 Å². The van der Waals surface area contributed by atoms with Crippen molar-refractivity contribution in [3.05, 3.63) is 51.5 Å². The number of anilines is 1. The Morgan fingerprint density at radius 2 is 1.96 bits per heavy atom. The average molecular weight is 348 g/mol. The van der Waals surface area contributed by atoms with Gasteiger partial charge in [0, 0.05) is 51.3 Å². The van der Waals surface area contributed by atoms with Crippen LogP contribution in [0.2, 0.25) is 5.02 Å². The molecule has 8 heteroatoms. The van der Waals surface area contributed by atoms with Gasteiger partial charge in [-0.2, -0.15) is 5.10 Å². The molecule has 0 aromatic carbocycles. The standard InChI is InChI=1S/C16H18ClN5O2/c17-12-1-4-14(18-11-12)21-7-9-22(10-8-21)16(24)6-3-13-2-5-15(23)20-19-13/h1-2,4-5,11H,3,6-10H2,(H,20,23). The molecule has 0 spiro atoms. The van der Waals surface area contributed by atoms with Gasteiger partial charge in [0.2, 0.25) is 5.91 Å². The summed E-state index contributed by atoms with van der Waals surface area (Å²) in [6, 6.07) is 6.78. The lowest BCUT2D eigenvalue weighted by Gasteiger charge is -2.35. The van der Waals surface area contributed by atoms with Gasteiger partial charge in [0.05, 0.1) is 10.7 Å². The van der Waals surface area contributed by atoms with E-state index in [1.165, 1.54) is 6.07 Å². The number of carbonyl (C=O) groups excluding carboxylic acids is 1. The van der Waals surface area contributed by atoms with E-state index in [1.54, 1.807) is 12.3 Å². The third-order valence-corrected chi connectivity index (χ3v) is 4.22. The van der Waals surface area contributed by atoms with Crippen LogP contribution in [0.5, 0.6) is 0 Å². The van der Waals surface area contributed by atoms with Gasteiger partial charge in [-0.1, -0.05) is 11.6 Å². The van der Waals surface area contributed by atoms with Crippen LogP contribution in [0.15, 0.2) is 35.3 Å². The summed E-state index contributed by atoms with van der Waals surface area (Å²) in [7, 11) is 0. The quantitative estimate of drug-likeness (QED) is 0.895. The van der Waals surface area contributed by atoms with Gasteiger partial charge in [-0.15, -0.1) is 0 Å². The Morgan fingerprint density at radius 3 is 2.58 bits per heavy atom. The molecule has 0 aliphatic carbocycles. The molecule has 0 bridgehead atoms. The van der Waals surface area contributed by atoms with Crippen molar-refractivity contribution in [2.45, 2.75) is 12.8 Å². The zero-order valence-electron chi connectivity index (χ0n) is 13.1. The third kappa shape index (κ3) is 4.11. The molecule has 0 unspecified atom stereocenters. The Balaban J connectivity index is 1.48. The van der Waals surface area contributed by atoms with Crippen LogP contribution in [0, 0.1) is 0 Å². The Morgan fingerprint density at radius 1 is 1.17 bits per heavy atom. The minimum Gasteiger partial charge on any atom is -0.353 e. The molecule has 1 fully saturated rings. The molecule has 2 aromatic rings. The van der Waals surface area contributed by atoms with E-state index < -0.39 is 0 Å². The molecule has 1 saturated heterocycles. The molecular weight excluding hydrogens is 330 g/mol. The van der Waals surface area contributed by atoms with Gasteiger partial charge in [0.25, 0.3) is 5.56 Å². The molecule has 1 aliphatic rings. The summed E-state index contributed by atoms with van der Waals surface area (Å²) in [4.78, 5) is 31.6. The fourth-order valence-electron chi connectivity index (χ4n) is 2.65. The van der Waals surface area contributed by atoms with Crippen LogP contribution in [-0.2, 0) is 11.2 Å². The Bertz CT molecular complexity index is 733. The number of hydrogen-bond donors (Lipinski definition) is 1. The van der Waals surface area contributed by atoms with Gasteiger partial charge in [-0.25, -0.2) is 10.1 Å². The summed E-state index contributed by atoms with van der Waals surface area (Å²) in [6.45, 7) is 2.83. The van der Waals surface area contributed by atoms with Crippen LogP contribution in [0.25, 0.3) is 0 Å². The number of H-pyrrole nitrogens is 1. The average Bonchev–Trinajstić information content (AvgIpc) is 2.62. The third-order valence-electron chi connectivity index (χ3n) is 4.00. The van der Waals surface area contributed by atoms with E-state index in [2.05, 4.69) is 20.1 Å². The second-order valence-corrected chi connectivity index (χ2v) is 6.05. The molecule has 3 rings (SSSR count). The number of hydrogen-bond acceptors (Lipinski definition) is 5. The highest BCUT2D eigenvalue weighted by molar-refractivity contribution is 6.30. The maximum Gasteiger partial charge on any atom is 0.264 e. The van der Waals surface area contributed by atoms with Gasteiger partial charge >= 0.3 is 0 Å². The summed E-state index contributed by atoms with van der Waals surface area (Å²) in [5, 5.41) is 6.91. The van der Waals surface area contributed by atoms with Crippen molar-refractivity contribution in [3.8, 4) is 0 Å².